The summed E-state index contributed by atoms with van der Waals surface area (Å²) in [6.07, 6.45) is 5.97. The molecule has 1 heterocycles. The Kier molecular flexibility index (Phi) is 7.45. The van der Waals surface area contributed by atoms with Crippen molar-refractivity contribution < 1.29 is 9.59 Å². The van der Waals surface area contributed by atoms with Crippen LogP contribution in [0.2, 0.25) is 0 Å². The third-order valence-electron chi connectivity index (χ3n) is 5.99. The van der Waals surface area contributed by atoms with E-state index in [0.717, 1.165) is 44.7 Å². The van der Waals surface area contributed by atoms with Gasteiger partial charge in [0.1, 0.15) is 0 Å². The fourth-order valence-electron chi connectivity index (χ4n) is 4.08. The van der Waals surface area contributed by atoms with Crippen LogP contribution in [-0.4, -0.2) is 66.4 Å². The summed E-state index contributed by atoms with van der Waals surface area (Å²) >= 11 is 0. The van der Waals surface area contributed by atoms with Gasteiger partial charge in [-0.3, -0.25) is 19.4 Å². The van der Waals surface area contributed by atoms with Gasteiger partial charge in [0.2, 0.25) is 11.8 Å². The molecule has 154 valence electrons. The van der Waals surface area contributed by atoms with Crippen molar-refractivity contribution in [2.75, 3.05) is 38.0 Å². The molecule has 2 aliphatic rings. The van der Waals surface area contributed by atoms with E-state index < -0.39 is 0 Å². The van der Waals surface area contributed by atoms with Crippen molar-refractivity contribution in [3.8, 4) is 0 Å². The first-order valence-electron chi connectivity index (χ1n) is 10.6. The molecular formula is C22H34N4O2. The molecule has 6 nitrogen and oxygen atoms in total. The topological polar surface area (TPSA) is 64.7 Å². The molecule has 2 N–H and O–H groups in total. The Morgan fingerprint density at radius 3 is 2.32 bits per heavy atom. The zero-order valence-corrected chi connectivity index (χ0v) is 17.2. The fourth-order valence-corrected chi connectivity index (χ4v) is 4.08. The van der Waals surface area contributed by atoms with Gasteiger partial charge in [0, 0.05) is 37.9 Å². The first kappa shape index (κ1) is 20.8. The monoisotopic (exact) mass is 386 g/mol. The normalized spacial score (nSPS) is 20.5. The molecule has 0 radical (unpaired) electrons. The van der Waals surface area contributed by atoms with Gasteiger partial charge < -0.3 is 10.6 Å². The molecular weight excluding hydrogens is 352 g/mol. The molecule has 28 heavy (non-hydrogen) atoms. The zero-order valence-electron chi connectivity index (χ0n) is 17.2. The van der Waals surface area contributed by atoms with E-state index in [1.165, 1.54) is 24.8 Å². The van der Waals surface area contributed by atoms with Crippen molar-refractivity contribution in [3.05, 3.63) is 29.8 Å². The van der Waals surface area contributed by atoms with Crippen molar-refractivity contribution >= 4 is 17.5 Å². The molecule has 1 unspecified atom stereocenters. The molecule has 1 aromatic rings. The minimum atomic E-state index is -0.106. The summed E-state index contributed by atoms with van der Waals surface area (Å²) in [5.74, 6) is 0.165. The Morgan fingerprint density at radius 2 is 1.68 bits per heavy atom. The van der Waals surface area contributed by atoms with Gasteiger partial charge in [0.25, 0.3) is 0 Å². The van der Waals surface area contributed by atoms with Gasteiger partial charge in [0.15, 0.2) is 0 Å². The van der Waals surface area contributed by atoms with Crippen molar-refractivity contribution in [3.63, 3.8) is 0 Å². The van der Waals surface area contributed by atoms with Crippen molar-refractivity contribution in [2.24, 2.45) is 0 Å². The number of anilines is 1. The fraction of sp³-hybridized carbons (Fsp3) is 0.636. The molecule has 1 atom stereocenters. The van der Waals surface area contributed by atoms with Crippen LogP contribution >= 0.6 is 0 Å². The second kappa shape index (κ2) is 10.0. The average molecular weight is 387 g/mol. The van der Waals surface area contributed by atoms with E-state index in [4.69, 9.17) is 0 Å². The molecule has 1 saturated heterocycles. The summed E-state index contributed by atoms with van der Waals surface area (Å²) in [5, 5.41) is 6.19. The third-order valence-corrected chi connectivity index (χ3v) is 5.99. The van der Waals surface area contributed by atoms with E-state index in [2.05, 4.69) is 20.4 Å². The summed E-state index contributed by atoms with van der Waals surface area (Å²) < 4.78 is 0. The van der Waals surface area contributed by atoms with Gasteiger partial charge in [-0.15, -0.1) is 0 Å². The van der Waals surface area contributed by atoms with Gasteiger partial charge in [0.05, 0.1) is 12.6 Å². The Balaban J connectivity index is 1.39. The Labute approximate surface area is 168 Å². The molecule has 1 aromatic carbocycles. The minimum Gasteiger partial charge on any atom is -0.352 e. The second-order valence-corrected chi connectivity index (χ2v) is 8.25. The second-order valence-electron chi connectivity index (χ2n) is 8.25. The SMILES string of the molecule is Cc1ccc(NC(=O)CN2CCN(C(C)C(=O)NC3CCCCC3)CC2)cc1. The molecule has 3 rings (SSSR count). The standard InChI is InChI=1S/C22H34N4O2/c1-17-8-10-20(11-9-17)23-21(27)16-25-12-14-26(15-13-25)18(2)22(28)24-19-6-4-3-5-7-19/h8-11,18-19H,3-7,12-16H2,1-2H3,(H,23,27)(H,24,28). The number of hydrogen-bond acceptors (Lipinski definition) is 4. The number of carbonyl (C=O) groups excluding carboxylic acids is 2. The van der Waals surface area contributed by atoms with E-state index in [1.54, 1.807) is 0 Å². The number of benzene rings is 1. The highest BCUT2D eigenvalue weighted by Gasteiger charge is 2.27. The number of piperazine rings is 1. The molecule has 0 spiro atoms. The lowest BCUT2D eigenvalue weighted by molar-refractivity contribution is -0.128. The minimum absolute atomic E-state index is 0.0143. The predicted molar refractivity (Wildman–Crippen MR) is 112 cm³/mol. The number of nitrogens with one attached hydrogen (secondary N) is 2. The number of aryl methyl sites for hydroxylation is 1. The summed E-state index contributed by atoms with van der Waals surface area (Å²) in [6, 6.07) is 8.10. The first-order valence-corrected chi connectivity index (χ1v) is 10.6. The van der Waals surface area contributed by atoms with Gasteiger partial charge in [-0.1, -0.05) is 37.0 Å². The summed E-state index contributed by atoms with van der Waals surface area (Å²) in [6.45, 7) is 7.67. The van der Waals surface area contributed by atoms with Crippen molar-refractivity contribution in [2.45, 2.75) is 58.0 Å². The van der Waals surface area contributed by atoms with Crippen molar-refractivity contribution in [1.82, 2.24) is 15.1 Å². The van der Waals surface area contributed by atoms with E-state index in [9.17, 15) is 9.59 Å². The number of carbonyl (C=O) groups is 2. The zero-order chi connectivity index (χ0) is 19.9. The van der Waals surface area contributed by atoms with E-state index >= 15 is 0 Å². The molecule has 2 amide bonds. The Hall–Kier alpha value is -1.92. The highest BCUT2D eigenvalue weighted by Crippen LogP contribution is 2.18. The maximum atomic E-state index is 12.6. The van der Waals surface area contributed by atoms with Crippen LogP contribution in [0.3, 0.4) is 0 Å². The van der Waals surface area contributed by atoms with Gasteiger partial charge >= 0.3 is 0 Å². The van der Waals surface area contributed by atoms with Crippen LogP contribution in [0.25, 0.3) is 0 Å². The van der Waals surface area contributed by atoms with Crippen LogP contribution in [0.15, 0.2) is 24.3 Å². The maximum absolute atomic E-state index is 12.6. The summed E-state index contributed by atoms with van der Waals surface area (Å²) in [4.78, 5) is 29.2. The lowest BCUT2D eigenvalue weighted by Gasteiger charge is -2.37. The maximum Gasteiger partial charge on any atom is 0.238 e. The van der Waals surface area contributed by atoms with Gasteiger partial charge in [-0.05, 0) is 38.8 Å². The van der Waals surface area contributed by atoms with Crippen LogP contribution in [0.1, 0.15) is 44.6 Å². The number of nitrogens with zero attached hydrogens (tertiary/aromatic N) is 2. The average Bonchev–Trinajstić information content (AvgIpc) is 2.70. The van der Waals surface area contributed by atoms with Crippen LogP contribution in [0.5, 0.6) is 0 Å². The summed E-state index contributed by atoms with van der Waals surface area (Å²) in [5.41, 5.74) is 2.01. The quantitative estimate of drug-likeness (QED) is 0.788. The molecule has 0 aromatic heterocycles. The molecule has 1 aliphatic heterocycles. The predicted octanol–water partition coefficient (Wildman–Crippen LogP) is 2.39. The lowest BCUT2D eigenvalue weighted by Crippen LogP contribution is -2.55. The number of rotatable bonds is 6. The summed E-state index contributed by atoms with van der Waals surface area (Å²) in [7, 11) is 0. The number of hydrogen-bond donors (Lipinski definition) is 2. The Morgan fingerprint density at radius 1 is 1.04 bits per heavy atom. The third kappa shape index (κ3) is 6.04. The van der Waals surface area contributed by atoms with E-state index in [0.29, 0.717) is 12.6 Å². The highest BCUT2D eigenvalue weighted by molar-refractivity contribution is 5.92. The highest BCUT2D eigenvalue weighted by atomic mass is 16.2. The molecule has 6 heteroatoms. The van der Waals surface area contributed by atoms with Crippen LogP contribution in [-0.2, 0) is 9.59 Å². The molecule has 0 bridgehead atoms. The lowest BCUT2D eigenvalue weighted by atomic mass is 9.95. The van der Waals surface area contributed by atoms with E-state index in [1.807, 2.05) is 38.1 Å². The molecule has 2 fully saturated rings. The first-order chi connectivity index (χ1) is 13.5. The van der Waals surface area contributed by atoms with Crippen LogP contribution in [0, 0.1) is 6.92 Å². The van der Waals surface area contributed by atoms with Gasteiger partial charge in [-0.2, -0.15) is 0 Å². The molecule has 1 saturated carbocycles. The smallest absolute Gasteiger partial charge is 0.238 e. The van der Waals surface area contributed by atoms with Crippen LogP contribution < -0.4 is 10.6 Å². The van der Waals surface area contributed by atoms with E-state index in [-0.39, 0.29) is 17.9 Å². The Bertz CT molecular complexity index is 647. The largest absolute Gasteiger partial charge is 0.352 e. The van der Waals surface area contributed by atoms with Crippen molar-refractivity contribution in [1.29, 1.82) is 0 Å². The van der Waals surface area contributed by atoms with Gasteiger partial charge in [-0.25, -0.2) is 0 Å². The van der Waals surface area contributed by atoms with Crippen LogP contribution in [0.4, 0.5) is 5.69 Å². The molecule has 1 aliphatic carbocycles. The number of amides is 2.